The molecule has 2 rings (SSSR count). The van der Waals surface area contributed by atoms with E-state index in [0.29, 0.717) is 0 Å². The van der Waals surface area contributed by atoms with Gasteiger partial charge in [0.15, 0.2) is 17.2 Å². The van der Waals surface area contributed by atoms with Gasteiger partial charge in [-0.2, -0.15) is 4.98 Å². The van der Waals surface area contributed by atoms with Crippen LogP contribution in [-0.2, 0) is 13.8 Å². The van der Waals surface area contributed by atoms with Crippen LogP contribution in [0.15, 0.2) is 17.1 Å². The Balaban J connectivity index is 2.31. The van der Waals surface area contributed by atoms with Gasteiger partial charge in [0.2, 0.25) is 5.95 Å². The van der Waals surface area contributed by atoms with Crippen molar-refractivity contribution in [2.24, 2.45) is 0 Å². The van der Waals surface area contributed by atoms with Crippen LogP contribution in [0.4, 0.5) is 5.95 Å². The fourth-order valence-electron chi connectivity index (χ4n) is 3.68. The third-order valence-electron chi connectivity index (χ3n) is 6.26. The Hall–Kier alpha value is -1.79. The van der Waals surface area contributed by atoms with Crippen molar-refractivity contribution < 1.29 is 34.0 Å². The number of aromatic amines is 1. The topological polar surface area (TPSA) is 193 Å². The van der Waals surface area contributed by atoms with Crippen molar-refractivity contribution in [1.29, 1.82) is 0 Å². The number of methoxy groups -OCH3 is 1. The summed E-state index contributed by atoms with van der Waals surface area (Å²) >= 11 is 0. The number of hydrogen-bond donors (Lipinski definition) is 6. The van der Waals surface area contributed by atoms with E-state index < -0.39 is 42.5 Å². The summed E-state index contributed by atoms with van der Waals surface area (Å²) in [5.74, 6) is -0.151. The smallest absolute Gasteiger partial charge is 0.359 e. The Morgan fingerprint density at radius 3 is 2.39 bits per heavy atom. The van der Waals surface area contributed by atoms with E-state index in [9.17, 15) is 29.6 Å². The first kappa shape index (κ1) is 27.5. The predicted octanol–water partition coefficient (Wildman–Crippen LogP) is 1.44. The molecule has 0 aliphatic carbocycles. The van der Waals surface area contributed by atoms with E-state index in [1.54, 1.807) is 27.7 Å². The zero-order chi connectivity index (χ0) is 25.2. The SMILES string of the molecule is CCC(C)(CC(OC)C(O)C(O)n1ccc2c(=O)[nH]c(N)nc21)OP(=O)(O)C(O)(CC)CC. The van der Waals surface area contributed by atoms with Crippen LogP contribution in [0.2, 0.25) is 0 Å². The highest BCUT2D eigenvalue weighted by molar-refractivity contribution is 7.54. The fraction of sp³-hybridized carbons (Fsp3) is 0.700. The van der Waals surface area contributed by atoms with Crippen molar-refractivity contribution in [2.75, 3.05) is 12.8 Å². The Morgan fingerprint density at radius 2 is 1.88 bits per heavy atom. The van der Waals surface area contributed by atoms with Crippen molar-refractivity contribution in [1.82, 2.24) is 14.5 Å². The lowest BCUT2D eigenvalue weighted by atomic mass is 9.92. The van der Waals surface area contributed by atoms with Crippen LogP contribution >= 0.6 is 7.60 Å². The number of nitrogens with one attached hydrogen (secondary N) is 1. The van der Waals surface area contributed by atoms with Gasteiger partial charge < -0.3 is 39.8 Å². The van der Waals surface area contributed by atoms with Gasteiger partial charge in [-0.25, -0.2) is 0 Å². The Morgan fingerprint density at radius 1 is 1.27 bits per heavy atom. The number of anilines is 1. The summed E-state index contributed by atoms with van der Waals surface area (Å²) in [6, 6.07) is 1.43. The first-order chi connectivity index (χ1) is 15.3. The minimum absolute atomic E-state index is 0.0160. The monoisotopic (exact) mass is 490 g/mol. The highest BCUT2D eigenvalue weighted by atomic mass is 31.2. The molecule has 33 heavy (non-hydrogen) atoms. The van der Waals surface area contributed by atoms with Gasteiger partial charge in [0.1, 0.15) is 6.10 Å². The average molecular weight is 490 g/mol. The molecule has 2 aromatic heterocycles. The molecule has 5 unspecified atom stereocenters. The quantitative estimate of drug-likeness (QED) is 0.237. The molecule has 0 aromatic carbocycles. The number of aliphatic hydroxyl groups excluding tert-OH is 2. The predicted molar refractivity (Wildman–Crippen MR) is 123 cm³/mol. The minimum atomic E-state index is -4.48. The molecule has 0 spiro atoms. The zero-order valence-electron chi connectivity index (χ0n) is 19.6. The number of nitrogens with two attached hydrogens (primary N) is 1. The van der Waals surface area contributed by atoms with Crippen LogP contribution < -0.4 is 11.3 Å². The molecule has 5 atom stereocenters. The van der Waals surface area contributed by atoms with Crippen LogP contribution in [0.3, 0.4) is 0 Å². The van der Waals surface area contributed by atoms with Gasteiger partial charge >= 0.3 is 7.60 Å². The summed E-state index contributed by atoms with van der Waals surface area (Å²) in [6.45, 7) is 6.47. The second-order valence-electron chi connectivity index (χ2n) is 8.40. The number of nitrogens with zero attached hydrogens (tertiary/aromatic N) is 2. The Bertz CT molecular complexity index is 1050. The van der Waals surface area contributed by atoms with Crippen LogP contribution in [-0.4, -0.2) is 65.0 Å². The molecular weight excluding hydrogens is 455 g/mol. The number of hydrogen-bond acceptors (Lipinski definition) is 9. The summed E-state index contributed by atoms with van der Waals surface area (Å²) in [5, 5.41) is 30.5. The molecule has 0 bridgehead atoms. The van der Waals surface area contributed by atoms with Crippen molar-refractivity contribution in [3.8, 4) is 0 Å². The molecule has 0 saturated carbocycles. The molecule has 0 aliphatic heterocycles. The molecule has 12 nitrogen and oxygen atoms in total. The number of ether oxygens (including phenoxy) is 1. The van der Waals surface area contributed by atoms with Crippen LogP contribution in [0.5, 0.6) is 0 Å². The third-order valence-corrected chi connectivity index (χ3v) is 8.63. The largest absolute Gasteiger partial charge is 0.386 e. The molecule has 0 radical (unpaired) electrons. The minimum Gasteiger partial charge on any atom is -0.386 e. The molecule has 0 saturated heterocycles. The summed E-state index contributed by atoms with van der Waals surface area (Å²) < 4.78 is 25.1. The van der Waals surface area contributed by atoms with Gasteiger partial charge in [0, 0.05) is 19.7 Å². The average Bonchev–Trinajstić information content (AvgIpc) is 3.19. The maximum atomic E-state index is 12.9. The first-order valence-corrected chi connectivity index (χ1v) is 12.4. The fourth-order valence-corrected chi connectivity index (χ4v) is 5.45. The number of aliphatic hydroxyl groups is 3. The Kier molecular flexibility index (Phi) is 8.51. The van der Waals surface area contributed by atoms with Crippen molar-refractivity contribution in [3.05, 3.63) is 22.6 Å². The summed E-state index contributed by atoms with van der Waals surface area (Å²) in [6.07, 6.45) is -2.57. The van der Waals surface area contributed by atoms with Gasteiger partial charge in [-0.1, -0.05) is 20.8 Å². The second-order valence-corrected chi connectivity index (χ2v) is 10.5. The lowest BCUT2D eigenvalue weighted by molar-refractivity contribution is -0.123. The lowest BCUT2D eigenvalue weighted by Crippen LogP contribution is -2.43. The van der Waals surface area contributed by atoms with E-state index in [0.717, 1.165) is 0 Å². The number of fused-ring (bicyclic) bond motifs is 1. The molecule has 0 fully saturated rings. The van der Waals surface area contributed by atoms with Gasteiger partial charge in [0.25, 0.3) is 5.56 Å². The number of H-pyrrole nitrogens is 1. The highest BCUT2D eigenvalue weighted by Crippen LogP contribution is 2.60. The lowest BCUT2D eigenvalue weighted by Gasteiger charge is -2.39. The molecule has 0 amide bonds. The molecule has 2 heterocycles. The standard InChI is InChI=1S/C20H35N4O8P/c1-6-19(4,32-33(29,30)20(28,7-2)8-3)11-13(31-5)14(25)17(27)24-10-9-12-15(24)22-18(21)23-16(12)26/h9-10,13-14,17,25,27-28H,6-8,11H2,1-5H3,(H,29,30)(H3,21,22,23,26). The number of nitrogen functional groups attached to an aromatic ring is 1. The van der Waals surface area contributed by atoms with Gasteiger partial charge in [-0.15, -0.1) is 0 Å². The van der Waals surface area contributed by atoms with Crippen LogP contribution in [0, 0.1) is 0 Å². The van der Waals surface area contributed by atoms with E-state index in [1.165, 1.54) is 23.9 Å². The molecule has 188 valence electrons. The van der Waals surface area contributed by atoms with Crippen molar-refractivity contribution in [3.63, 3.8) is 0 Å². The number of rotatable bonds is 12. The molecular formula is C20H35N4O8P. The van der Waals surface area contributed by atoms with E-state index in [1.807, 2.05) is 0 Å². The molecule has 0 aliphatic rings. The summed E-state index contributed by atoms with van der Waals surface area (Å²) in [4.78, 5) is 28.9. The van der Waals surface area contributed by atoms with E-state index in [4.69, 9.17) is 15.0 Å². The van der Waals surface area contributed by atoms with E-state index in [-0.39, 0.29) is 42.7 Å². The molecule has 13 heteroatoms. The molecule has 2 aromatic rings. The normalized spacial score (nSPS) is 19.1. The van der Waals surface area contributed by atoms with E-state index >= 15 is 0 Å². The highest BCUT2D eigenvalue weighted by Gasteiger charge is 2.49. The second kappa shape index (κ2) is 10.2. The Labute approximate surface area is 191 Å². The first-order valence-electron chi connectivity index (χ1n) is 10.8. The zero-order valence-corrected chi connectivity index (χ0v) is 20.5. The van der Waals surface area contributed by atoms with Crippen LogP contribution in [0.1, 0.15) is 59.6 Å². The maximum absolute atomic E-state index is 12.9. The molecule has 7 N–H and O–H groups in total. The third kappa shape index (κ3) is 5.48. The van der Waals surface area contributed by atoms with E-state index in [2.05, 4.69) is 9.97 Å². The summed E-state index contributed by atoms with van der Waals surface area (Å²) in [5.41, 5.74) is 3.90. The van der Waals surface area contributed by atoms with Crippen molar-refractivity contribution in [2.45, 2.75) is 82.8 Å². The van der Waals surface area contributed by atoms with Crippen molar-refractivity contribution >= 4 is 24.6 Å². The van der Waals surface area contributed by atoms with Gasteiger partial charge in [-0.3, -0.25) is 14.3 Å². The summed E-state index contributed by atoms with van der Waals surface area (Å²) in [7, 11) is -3.16. The maximum Gasteiger partial charge on any atom is 0.359 e. The van der Waals surface area contributed by atoms with Gasteiger partial charge in [0.05, 0.1) is 17.1 Å². The van der Waals surface area contributed by atoms with Gasteiger partial charge in [-0.05, 0) is 32.3 Å². The number of aromatic nitrogens is 3. The van der Waals surface area contributed by atoms with Crippen LogP contribution in [0.25, 0.3) is 11.0 Å².